The van der Waals surface area contributed by atoms with E-state index in [1.807, 2.05) is 0 Å². The van der Waals surface area contributed by atoms with Crippen LogP contribution in [-0.2, 0) is 6.61 Å². The number of aliphatic hydroxyl groups excluding tert-OH is 1. The van der Waals surface area contributed by atoms with Gasteiger partial charge in [-0.25, -0.2) is 0 Å². The summed E-state index contributed by atoms with van der Waals surface area (Å²) in [4.78, 5) is 3.61. The fourth-order valence-corrected chi connectivity index (χ4v) is 0.903. The van der Waals surface area contributed by atoms with E-state index in [4.69, 9.17) is 5.11 Å². The van der Waals surface area contributed by atoms with Crippen LogP contribution in [0.2, 0.25) is 0 Å². The molecule has 0 spiro atoms. The van der Waals surface area contributed by atoms with E-state index in [9.17, 15) is 13.2 Å². The van der Waals surface area contributed by atoms with Crippen molar-refractivity contribution in [3.8, 4) is 5.75 Å². The highest BCUT2D eigenvalue weighted by Gasteiger charge is 2.32. The first-order valence-electron chi connectivity index (χ1n) is 3.74. The smallest absolute Gasteiger partial charge is 0.404 e. The van der Waals surface area contributed by atoms with Crippen LogP contribution in [0.25, 0.3) is 0 Å². The standard InChI is InChI=1S/C8H8F3NO2/c1-5-2-7(14-8(9,10)11)6(4-13)12-3-5/h2-3,13H,4H2,1H3. The average molecular weight is 207 g/mol. The normalized spacial score (nSPS) is 11.5. The Bertz CT molecular complexity index is 325. The molecule has 0 radical (unpaired) electrons. The number of hydrogen-bond donors (Lipinski definition) is 1. The van der Waals surface area contributed by atoms with Crippen molar-refractivity contribution in [3.05, 3.63) is 23.5 Å². The Kier molecular flexibility index (Phi) is 2.95. The molecule has 1 heterocycles. The molecule has 0 amide bonds. The molecule has 1 aromatic heterocycles. The lowest BCUT2D eigenvalue weighted by Gasteiger charge is -2.11. The van der Waals surface area contributed by atoms with Crippen molar-refractivity contribution < 1.29 is 23.0 Å². The number of pyridine rings is 1. The molecule has 0 fully saturated rings. The summed E-state index contributed by atoms with van der Waals surface area (Å²) in [6.07, 6.45) is -3.41. The molecule has 0 unspecified atom stereocenters. The van der Waals surface area contributed by atoms with Crippen molar-refractivity contribution in [3.63, 3.8) is 0 Å². The third kappa shape index (κ3) is 2.88. The Hall–Kier alpha value is -1.30. The van der Waals surface area contributed by atoms with Gasteiger partial charge in [0.25, 0.3) is 0 Å². The lowest BCUT2D eigenvalue weighted by atomic mass is 10.2. The molecular weight excluding hydrogens is 199 g/mol. The highest BCUT2D eigenvalue weighted by molar-refractivity contribution is 5.30. The molecule has 0 saturated heterocycles. The third-order valence-corrected chi connectivity index (χ3v) is 1.44. The number of rotatable bonds is 2. The van der Waals surface area contributed by atoms with Gasteiger partial charge < -0.3 is 9.84 Å². The van der Waals surface area contributed by atoms with Crippen molar-refractivity contribution in [1.82, 2.24) is 4.98 Å². The molecule has 1 rings (SSSR count). The van der Waals surface area contributed by atoms with Crippen LogP contribution >= 0.6 is 0 Å². The van der Waals surface area contributed by atoms with Gasteiger partial charge >= 0.3 is 6.36 Å². The first kappa shape index (κ1) is 10.8. The summed E-state index contributed by atoms with van der Waals surface area (Å²) in [6, 6.07) is 1.17. The first-order valence-corrected chi connectivity index (χ1v) is 3.74. The van der Waals surface area contributed by atoms with Crippen LogP contribution in [0.3, 0.4) is 0 Å². The number of hydrogen-bond acceptors (Lipinski definition) is 3. The third-order valence-electron chi connectivity index (χ3n) is 1.44. The number of alkyl halides is 3. The molecular formula is C8H8F3NO2. The van der Waals surface area contributed by atoms with Gasteiger partial charge in [-0.05, 0) is 18.6 Å². The number of nitrogens with zero attached hydrogens (tertiary/aromatic N) is 1. The number of aliphatic hydroxyl groups is 1. The molecule has 14 heavy (non-hydrogen) atoms. The molecule has 78 valence electrons. The van der Waals surface area contributed by atoms with Gasteiger partial charge in [-0.3, -0.25) is 4.98 Å². The zero-order valence-electron chi connectivity index (χ0n) is 7.30. The summed E-state index contributed by atoms with van der Waals surface area (Å²) in [5.41, 5.74) is 0.398. The second kappa shape index (κ2) is 3.83. The molecule has 0 aliphatic heterocycles. The fraction of sp³-hybridized carbons (Fsp3) is 0.375. The van der Waals surface area contributed by atoms with E-state index in [2.05, 4.69) is 9.72 Å². The van der Waals surface area contributed by atoms with Crippen molar-refractivity contribution in [2.45, 2.75) is 19.9 Å². The molecule has 6 heteroatoms. The second-order valence-corrected chi connectivity index (χ2v) is 2.66. The highest BCUT2D eigenvalue weighted by atomic mass is 19.4. The minimum absolute atomic E-state index is 0.132. The molecule has 0 atom stereocenters. The van der Waals surface area contributed by atoms with Gasteiger partial charge in [-0.15, -0.1) is 13.2 Å². The van der Waals surface area contributed by atoms with E-state index >= 15 is 0 Å². The van der Waals surface area contributed by atoms with E-state index in [1.165, 1.54) is 12.3 Å². The molecule has 0 aliphatic rings. The number of aryl methyl sites for hydroxylation is 1. The maximum absolute atomic E-state index is 11.9. The average Bonchev–Trinajstić information content (AvgIpc) is 2.01. The zero-order chi connectivity index (χ0) is 10.8. The SMILES string of the molecule is Cc1cnc(CO)c(OC(F)(F)F)c1. The molecule has 0 aliphatic carbocycles. The van der Waals surface area contributed by atoms with Crippen molar-refractivity contribution in [2.75, 3.05) is 0 Å². The first-order chi connectivity index (χ1) is 6.42. The molecule has 0 saturated carbocycles. The Labute approximate surface area is 78.2 Å². The van der Waals surface area contributed by atoms with Crippen LogP contribution in [-0.4, -0.2) is 16.5 Å². The lowest BCUT2D eigenvalue weighted by molar-refractivity contribution is -0.275. The predicted molar refractivity (Wildman–Crippen MR) is 41.6 cm³/mol. The molecule has 1 aromatic rings. The van der Waals surface area contributed by atoms with Crippen molar-refractivity contribution >= 4 is 0 Å². The van der Waals surface area contributed by atoms with Gasteiger partial charge in [0.05, 0.1) is 6.61 Å². The van der Waals surface area contributed by atoms with Crippen LogP contribution in [0.1, 0.15) is 11.3 Å². The molecule has 3 nitrogen and oxygen atoms in total. The number of halogens is 3. The highest BCUT2D eigenvalue weighted by Crippen LogP contribution is 2.25. The Morgan fingerprint density at radius 3 is 2.64 bits per heavy atom. The van der Waals surface area contributed by atoms with Gasteiger partial charge in [0.1, 0.15) is 5.69 Å². The van der Waals surface area contributed by atoms with E-state index < -0.39 is 18.7 Å². The van der Waals surface area contributed by atoms with Gasteiger partial charge in [0.15, 0.2) is 5.75 Å². The van der Waals surface area contributed by atoms with E-state index in [-0.39, 0.29) is 5.69 Å². The number of aromatic nitrogens is 1. The van der Waals surface area contributed by atoms with Gasteiger partial charge in [-0.1, -0.05) is 0 Å². The van der Waals surface area contributed by atoms with E-state index in [1.54, 1.807) is 6.92 Å². The Morgan fingerprint density at radius 1 is 1.50 bits per heavy atom. The van der Waals surface area contributed by atoms with Crippen molar-refractivity contribution in [1.29, 1.82) is 0 Å². The van der Waals surface area contributed by atoms with Gasteiger partial charge in [0.2, 0.25) is 0 Å². The summed E-state index contributed by atoms with van der Waals surface area (Å²) < 4.78 is 39.3. The second-order valence-electron chi connectivity index (χ2n) is 2.66. The van der Waals surface area contributed by atoms with Crippen LogP contribution in [0.15, 0.2) is 12.3 Å². The van der Waals surface area contributed by atoms with Crippen LogP contribution < -0.4 is 4.74 Å². The summed E-state index contributed by atoms with van der Waals surface area (Å²) >= 11 is 0. The minimum atomic E-state index is -4.76. The summed E-state index contributed by atoms with van der Waals surface area (Å²) in [5, 5.41) is 8.70. The number of ether oxygens (including phenoxy) is 1. The topological polar surface area (TPSA) is 42.4 Å². The van der Waals surface area contributed by atoms with Crippen LogP contribution in [0, 0.1) is 6.92 Å². The lowest BCUT2D eigenvalue weighted by Crippen LogP contribution is -2.18. The van der Waals surface area contributed by atoms with Crippen LogP contribution in [0.5, 0.6) is 5.75 Å². The largest absolute Gasteiger partial charge is 0.573 e. The van der Waals surface area contributed by atoms with E-state index in [0.717, 1.165) is 0 Å². The maximum atomic E-state index is 11.9. The predicted octanol–water partition coefficient (Wildman–Crippen LogP) is 1.78. The Balaban J connectivity index is 2.99. The van der Waals surface area contributed by atoms with Crippen molar-refractivity contribution in [2.24, 2.45) is 0 Å². The minimum Gasteiger partial charge on any atom is -0.404 e. The monoisotopic (exact) mass is 207 g/mol. The summed E-state index contributed by atoms with van der Waals surface area (Å²) in [6.45, 7) is 0.989. The molecule has 0 aromatic carbocycles. The molecule has 0 bridgehead atoms. The van der Waals surface area contributed by atoms with Gasteiger partial charge in [-0.2, -0.15) is 0 Å². The quantitative estimate of drug-likeness (QED) is 0.803. The zero-order valence-corrected chi connectivity index (χ0v) is 7.30. The maximum Gasteiger partial charge on any atom is 0.573 e. The summed E-state index contributed by atoms with van der Waals surface area (Å²) in [7, 11) is 0. The summed E-state index contributed by atoms with van der Waals surface area (Å²) in [5.74, 6) is -0.458. The Morgan fingerprint density at radius 2 is 2.14 bits per heavy atom. The fourth-order valence-electron chi connectivity index (χ4n) is 0.903. The van der Waals surface area contributed by atoms with Gasteiger partial charge in [0, 0.05) is 6.20 Å². The van der Waals surface area contributed by atoms with E-state index in [0.29, 0.717) is 5.56 Å². The van der Waals surface area contributed by atoms with Crippen LogP contribution in [0.4, 0.5) is 13.2 Å². The molecule has 1 N–H and O–H groups in total.